The molecule has 0 radical (unpaired) electrons. The lowest BCUT2D eigenvalue weighted by molar-refractivity contribution is -0.128. The molecule has 24 heavy (non-hydrogen) atoms. The fraction of sp³-hybridized carbons (Fsp3) is 0.333. The van der Waals surface area contributed by atoms with Gasteiger partial charge in [0.25, 0.3) is 17.4 Å². The highest BCUT2D eigenvalue weighted by Gasteiger charge is 2.16. The highest BCUT2D eigenvalue weighted by Crippen LogP contribution is 2.06. The van der Waals surface area contributed by atoms with Gasteiger partial charge >= 0.3 is 0 Å². The highest BCUT2D eigenvalue weighted by atomic mass is 35.5. The second-order valence-electron chi connectivity index (χ2n) is 5.10. The van der Waals surface area contributed by atoms with Gasteiger partial charge in [-0.2, -0.15) is 0 Å². The summed E-state index contributed by atoms with van der Waals surface area (Å²) in [5, 5.41) is 3.06. The summed E-state index contributed by atoms with van der Waals surface area (Å²) in [7, 11) is 1.57. The van der Waals surface area contributed by atoms with Crippen molar-refractivity contribution >= 4 is 45.9 Å². The van der Waals surface area contributed by atoms with Crippen molar-refractivity contribution in [2.45, 2.75) is 11.3 Å². The van der Waals surface area contributed by atoms with Gasteiger partial charge in [-0.1, -0.05) is 35.3 Å². The molecule has 0 fully saturated rings. The zero-order chi connectivity index (χ0) is 17.7. The number of hydrogen-bond donors (Lipinski definition) is 2. The Hall–Kier alpha value is -2.12. The molecule has 0 saturated heterocycles. The van der Waals surface area contributed by atoms with Crippen molar-refractivity contribution in [2.75, 3.05) is 20.1 Å². The number of nitrogens with one attached hydrogen (secondary N) is 2. The molecule has 1 aromatic carbocycles. The molecule has 2 aromatic rings. The number of alkyl halides is 2. The van der Waals surface area contributed by atoms with E-state index in [1.165, 1.54) is 4.90 Å². The first-order chi connectivity index (χ1) is 11.4. The number of rotatable bonds is 6. The molecule has 0 bridgehead atoms. The first kappa shape index (κ1) is 18.2. The van der Waals surface area contributed by atoms with Gasteiger partial charge in [-0.05, 0) is 18.6 Å². The van der Waals surface area contributed by atoms with Crippen LogP contribution in [0.15, 0.2) is 29.1 Å². The number of carbonyl (C=O) groups is 2. The number of H-pyrrole nitrogens is 1. The quantitative estimate of drug-likeness (QED) is 0.591. The number of amides is 2. The molecule has 2 amide bonds. The fourth-order valence-electron chi connectivity index (χ4n) is 2.07. The summed E-state index contributed by atoms with van der Waals surface area (Å²) in [6.45, 7) is 0.693. The van der Waals surface area contributed by atoms with E-state index in [4.69, 9.17) is 23.2 Å². The van der Waals surface area contributed by atoms with Crippen LogP contribution in [0.1, 0.15) is 17.0 Å². The zero-order valence-corrected chi connectivity index (χ0v) is 14.4. The topological polar surface area (TPSA) is 95.2 Å². The molecule has 1 heterocycles. The Morgan fingerprint density at radius 3 is 2.75 bits per heavy atom. The average molecular weight is 371 g/mol. The van der Waals surface area contributed by atoms with Crippen LogP contribution in [-0.4, -0.2) is 51.7 Å². The summed E-state index contributed by atoms with van der Waals surface area (Å²) >= 11 is 11.0. The third kappa shape index (κ3) is 4.46. The normalized spacial score (nSPS) is 10.8. The molecule has 0 spiro atoms. The molecule has 0 atom stereocenters. The number of para-hydroxylation sites is 1. The second kappa shape index (κ2) is 8.12. The van der Waals surface area contributed by atoms with Crippen LogP contribution in [0.25, 0.3) is 10.9 Å². The third-order valence-electron chi connectivity index (χ3n) is 3.35. The summed E-state index contributed by atoms with van der Waals surface area (Å²) < 4.78 is 0. The molecule has 0 aliphatic carbocycles. The number of nitrogens with zero attached hydrogens (tertiary/aromatic N) is 2. The minimum absolute atomic E-state index is 0.0512. The van der Waals surface area contributed by atoms with Gasteiger partial charge in [0.2, 0.25) is 0 Å². The number of aromatic nitrogens is 2. The summed E-state index contributed by atoms with van der Waals surface area (Å²) in [6, 6.07) is 6.76. The van der Waals surface area contributed by atoms with Gasteiger partial charge in [0.15, 0.2) is 10.7 Å². The number of aromatic amines is 1. The van der Waals surface area contributed by atoms with Crippen LogP contribution in [-0.2, 0) is 4.79 Å². The molecule has 0 aliphatic heterocycles. The van der Waals surface area contributed by atoms with E-state index in [1.807, 2.05) is 0 Å². The Morgan fingerprint density at radius 1 is 1.33 bits per heavy atom. The molecule has 0 unspecified atom stereocenters. The number of hydrogen-bond acceptors (Lipinski definition) is 4. The lowest BCUT2D eigenvalue weighted by atomic mass is 10.2. The Balaban J connectivity index is 1.92. The van der Waals surface area contributed by atoms with Crippen molar-refractivity contribution in [3.63, 3.8) is 0 Å². The van der Waals surface area contributed by atoms with Crippen LogP contribution >= 0.6 is 23.2 Å². The van der Waals surface area contributed by atoms with Crippen molar-refractivity contribution in [2.24, 2.45) is 0 Å². The molecule has 0 saturated carbocycles. The van der Waals surface area contributed by atoms with E-state index in [1.54, 1.807) is 31.3 Å². The maximum absolute atomic E-state index is 12.1. The number of carbonyl (C=O) groups excluding carboxylic acids is 2. The first-order valence-electron chi connectivity index (χ1n) is 7.20. The number of halogens is 2. The second-order valence-corrected chi connectivity index (χ2v) is 6.20. The Morgan fingerprint density at radius 2 is 2.04 bits per heavy atom. The van der Waals surface area contributed by atoms with Gasteiger partial charge in [-0.25, -0.2) is 4.98 Å². The van der Waals surface area contributed by atoms with Crippen LogP contribution in [0, 0.1) is 0 Å². The highest BCUT2D eigenvalue weighted by molar-refractivity contribution is 6.53. The summed E-state index contributed by atoms with van der Waals surface area (Å²) in [6.07, 6.45) is 0.506. The van der Waals surface area contributed by atoms with Crippen molar-refractivity contribution < 1.29 is 9.59 Å². The smallest absolute Gasteiger partial charge is 0.287 e. The van der Waals surface area contributed by atoms with Crippen molar-refractivity contribution in [1.82, 2.24) is 20.2 Å². The Labute approximate surface area is 148 Å². The lowest BCUT2D eigenvalue weighted by Gasteiger charge is -2.17. The zero-order valence-electron chi connectivity index (χ0n) is 12.9. The average Bonchev–Trinajstić information content (AvgIpc) is 2.57. The van der Waals surface area contributed by atoms with E-state index >= 15 is 0 Å². The van der Waals surface area contributed by atoms with Gasteiger partial charge in [-0.3, -0.25) is 14.4 Å². The largest absolute Gasteiger partial charge is 0.349 e. The van der Waals surface area contributed by atoms with Crippen LogP contribution in [0.3, 0.4) is 0 Å². The molecule has 7 nitrogen and oxygen atoms in total. The third-order valence-corrected chi connectivity index (χ3v) is 3.72. The Kier molecular flexibility index (Phi) is 6.16. The van der Waals surface area contributed by atoms with Crippen LogP contribution in [0.5, 0.6) is 0 Å². The molecular weight excluding hydrogens is 355 g/mol. The van der Waals surface area contributed by atoms with E-state index < -0.39 is 16.7 Å². The van der Waals surface area contributed by atoms with Gasteiger partial charge in [0.05, 0.1) is 10.9 Å². The molecule has 9 heteroatoms. The molecule has 128 valence electrons. The van der Waals surface area contributed by atoms with Crippen molar-refractivity contribution in [3.05, 3.63) is 40.4 Å². The monoisotopic (exact) mass is 370 g/mol. The van der Waals surface area contributed by atoms with Gasteiger partial charge < -0.3 is 15.2 Å². The molecule has 2 N–H and O–H groups in total. The van der Waals surface area contributed by atoms with E-state index in [0.717, 1.165) is 0 Å². The fourth-order valence-corrected chi connectivity index (χ4v) is 2.41. The lowest BCUT2D eigenvalue weighted by Crippen LogP contribution is -2.34. The number of fused-ring (bicyclic) bond motifs is 1. The van der Waals surface area contributed by atoms with Crippen LogP contribution in [0.2, 0.25) is 0 Å². The predicted molar refractivity (Wildman–Crippen MR) is 92.4 cm³/mol. The Bertz CT molecular complexity index is 807. The standard InChI is InChI=1S/C15H16Cl2N4O3/c1-21(15(24)11(16)17)8-4-7-18-14(23)12-19-10-6-3-2-5-9(10)13(22)20-12/h2-3,5-6,11H,4,7-8H2,1H3,(H,18,23)(H,19,20,22). The van der Waals surface area contributed by atoms with Gasteiger partial charge in [0, 0.05) is 20.1 Å². The minimum atomic E-state index is -1.10. The van der Waals surface area contributed by atoms with E-state index in [9.17, 15) is 14.4 Å². The van der Waals surface area contributed by atoms with Gasteiger partial charge in [0.1, 0.15) is 0 Å². The maximum atomic E-state index is 12.1. The predicted octanol–water partition coefficient (Wildman–Crippen LogP) is 1.31. The molecule has 0 aliphatic rings. The molecule has 1 aromatic heterocycles. The first-order valence-corrected chi connectivity index (χ1v) is 8.08. The minimum Gasteiger partial charge on any atom is -0.349 e. The van der Waals surface area contributed by atoms with E-state index in [0.29, 0.717) is 30.4 Å². The van der Waals surface area contributed by atoms with Crippen LogP contribution in [0.4, 0.5) is 0 Å². The van der Waals surface area contributed by atoms with Crippen LogP contribution < -0.4 is 10.9 Å². The van der Waals surface area contributed by atoms with Crippen molar-refractivity contribution in [1.29, 1.82) is 0 Å². The SMILES string of the molecule is CN(CCCNC(=O)c1nc2ccccc2c(=O)[nH]1)C(=O)C(Cl)Cl. The van der Waals surface area contributed by atoms with E-state index in [2.05, 4.69) is 15.3 Å². The maximum Gasteiger partial charge on any atom is 0.287 e. The summed E-state index contributed by atoms with van der Waals surface area (Å²) in [4.78, 5) is 42.3. The molecule has 2 rings (SSSR count). The number of benzene rings is 1. The molecular formula is C15H16Cl2N4O3. The van der Waals surface area contributed by atoms with Gasteiger partial charge in [-0.15, -0.1) is 0 Å². The summed E-state index contributed by atoms with van der Waals surface area (Å²) in [5.74, 6) is -0.936. The van der Waals surface area contributed by atoms with E-state index in [-0.39, 0.29) is 11.4 Å². The summed E-state index contributed by atoms with van der Waals surface area (Å²) in [5.41, 5.74) is 0.0818. The van der Waals surface area contributed by atoms with Crippen molar-refractivity contribution in [3.8, 4) is 0 Å².